The van der Waals surface area contributed by atoms with Crippen LogP contribution in [0.5, 0.6) is 11.5 Å². The molecule has 3 N–H and O–H groups in total. The van der Waals surface area contributed by atoms with Gasteiger partial charge in [-0.15, -0.1) is 0 Å². The highest BCUT2D eigenvalue weighted by molar-refractivity contribution is 5.40. The highest BCUT2D eigenvalue weighted by Crippen LogP contribution is 2.24. The number of rotatable bonds is 5. The number of benzene rings is 1. The van der Waals surface area contributed by atoms with Crippen LogP contribution in [0.3, 0.4) is 0 Å². The van der Waals surface area contributed by atoms with Crippen LogP contribution in [-0.4, -0.2) is 16.3 Å². The van der Waals surface area contributed by atoms with Crippen molar-refractivity contribution >= 4 is 0 Å². The van der Waals surface area contributed by atoms with Gasteiger partial charge in [0.15, 0.2) is 11.5 Å². The lowest BCUT2D eigenvalue weighted by Gasteiger charge is -2.14. The standard InChI is InChI=1S/C12H19NO2/c1-3-10(4-2)13-8-9-5-6-11(14)12(15)7-9/h5-7,10,13-15H,3-4,8H2,1-2H3. The molecule has 0 saturated carbocycles. The van der Waals surface area contributed by atoms with Gasteiger partial charge in [-0.2, -0.15) is 0 Å². The van der Waals surface area contributed by atoms with Crippen LogP contribution in [0.1, 0.15) is 32.3 Å². The molecule has 84 valence electrons. The molecule has 0 aliphatic heterocycles. The lowest BCUT2D eigenvalue weighted by Crippen LogP contribution is -2.26. The molecule has 0 saturated heterocycles. The van der Waals surface area contributed by atoms with Crippen LogP contribution in [0.2, 0.25) is 0 Å². The van der Waals surface area contributed by atoms with Crippen molar-refractivity contribution < 1.29 is 10.2 Å². The molecular formula is C12H19NO2. The predicted octanol–water partition coefficient (Wildman–Crippen LogP) is 2.38. The first-order valence-electron chi connectivity index (χ1n) is 5.41. The fourth-order valence-electron chi connectivity index (χ4n) is 1.52. The summed E-state index contributed by atoms with van der Waals surface area (Å²) in [6.45, 7) is 5.02. The van der Waals surface area contributed by atoms with Gasteiger partial charge in [0.05, 0.1) is 0 Å². The summed E-state index contributed by atoms with van der Waals surface area (Å²) in [6.07, 6.45) is 2.20. The predicted molar refractivity (Wildman–Crippen MR) is 61.0 cm³/mol. The van der Waals surface area contributed by atoms with E-state index in [9.17, 15) is 5.11 Å². The molecule has 0 aliphatic rings. The van der Waals surface area contributed by atoms with Crippen molar-refractivity contribution in [2.75, 3.05) is 0 Å². The second-order valence-corrected chi connectivity index (χ2v) is 3.72. The monoisotopic (exact) mass is 209 g/mol. The van der Waals surface area contributed by atoms with Crippen molar-refractivity contribution in [2.45, 2.75) is 39.3 Å². The van der Waals surface area contributed by atoms with Crippen LogP contribution in [-0.2, 0) is 6.54 Å². The Morgan fingerprint density at radius 1 is 1.13 bits per heavy atom. The Labute approximate surface area is 90.8 Å². The minimum absolute atomic E-state index is 0.0566. The van der Waals surface area contributed by atoms with E-state index >= 15 is 0 Å². The average molecular weight is 209 g/mol. The van der Waals surface area contributed by atoms with Crippen molar-refractivity contribution in [3.05, 3.63) is 23.8 Å². The highest BCUT2D eigenvalue weighted by Gasteiger charge is 2.04. The maximum Gasteiger partial charge on any atom is 0.157 e. The van der Waals surface area contributed by atoms with Gasteiger partial charge in [0.25, 0.3) is 0 Å². The van der Waals surface area contributed by atoms with Crippen molar-refractivity contribution in [1.29, 1.82) is 0 Å². The first-order valence-corrected chi connectivity index (χ1v) is 5.41. The SMILES string of the molecule is CCC(CC)NCc1ccc(O)c(O)c1. The Morgan fingerprint density at radius 2 is 1.80 bits per heavy atom. The van der Waals surface area contributed by atoms with E-state index in [-0.39, 0.29) is 11.5 Å². The van der Waals surface area contributed by atoms with E-state index in [4.69, 9.17) is 5.11 Å². The zero-order valence-electron chi connectivity index (χ0n) is 9.33. The second-order valence-electron chi connectivity index (χ2n) is 3.72. The van der Waals surface area contributed by atoms with Crippen molar-refractivity contribution in [2.24, 2.45) is 0 Å². The molecule has 0 atom stereocenters. The van der Waals surface area contributed by atoms with Gasteiger partial charge >= 0.3 is 0 Å². The summed E-state index contributed by atoms with van der Waals surface area (Å²) in [6, 6.07) is 5.43. The van der Waals surface area contributed by atoms with Gasteiger partial charge in [0.2, 0.25) is 0 Å². The Balaban J connectivity index is 2.54. The summed E-state index contributed by atoms with van der Waals surface area (Å²) >= 11 is 0. The number of nitrogens with one attached hydrogen (secondary N) is 1. The Kier molecular flexibility index (Phi) is 4.43. The molecule has 0 bridgehead atoms. The number of phenolic OH excluding ortho intramolecular Hbond substituents is 2. The number of phenols is 2. The average Bonchev–Trinajstić information content (AvgIpc) is 2.24. The van der Waals surface area contributed by atoms with Gasteiger partial charge in [0, 0.05) is 12.6 Å². The minimum Gasteiger partial charge on any atom is -0.504 e. The molecule has 1 rings (SSSR count). The van der Waals surface area contributed by atoms with Crippen molar-refractivity contribution in [3.63, 3.8) is 0 Å². The van der Waals surface area contributed by atoms with Gasteiger partial charge in [-0.25, -0.2) is 0 Å². The molecule has 0 radical (unpaired) electrons. The molecule has 1 aromatic carbocycles. The Hall–Kier alpha value is -1.22. The van der Waals surface area contributed by atoms with E-state index < -0.39 is 0 Å². The molecule has 3 heteroatoms. The summed E-state index contributed by atoms with van der Waals surface area (Å²) in [5.74, 6) is -0.125. The molecule has 1 aromatic rings. The quantitative estimate of drug-likeness (QED) is 0.653. The fourth-order valence-corrected chi connectivity index (χ4v) is 1.52. The fraction of sp³-hybridized carbons (Fsp3) is 0.500. The topological polar surface area (TPSA) is 52.5 Å². The Morgan fingerprint density at radius 3 is 2.33 bits per heavy atom. The largest absolute Gasteiger partial charge is 0.504 e. The van der Waals surface area contributed by atoms with E-state index in [0.717, 1.165) is 24.9 Å². The second kappa shape index (κ2) is 5.61. The van der Waals surface area contributed by atoms with Gasteiger partial charge in [0.1, 0.15) is 0 Å². The molecule has 3 nitrogen and oxygen atoms in total. The van der Waals surface area contributed by atoms with Crippen LogP contribution >= 0.6 is 0 Å². The van der Waals surface area contributed by atoms with Gasteiger partial charge in [-0.05, 0) is 30.5 Å². The van der Waals surface area contributed by atoms with Crippen LogP contribution in [0, 0.1) is 0 Å². The van der Waals surface area contributed by atoms with Gasteiger partial charge in [-0.3, -0.25) is 0 Å². The third-order valence-electron chi connectivity index (χ3n) is 2.62. The summed E-state index contributed by atoms with van der Waals surface area (Å²) in [7, 11) is 0. The Bertz CT molecular complexity index is 308. The van der Waals surface area contributed by atoms with Crippen molar-refractivity contribution in [1.82, 2.24) is 5.32 Å². The number of hydrogen-bond donors (Lipinski definition) is 3. The molecule has 0 amide bonds. The molecule has 0 spiro atoms. The molecule has 15 heavy (non-hydrogen) atoms. The summed E-state index contributed by atoms with van der Waals surface area (Å²) in [5.41, 5.74) is 0.984. The van der Waals surface area contributed by atoms with Crippen LogP contribution in [0.4, 0.5) is 0 Å². The normalized spacial score (nSPS) is 10.9. The third kappa shape index (κ3) is 3.44. The zero-order chi connectivity index (χ0) is 11.3. The van der Waals surface area contributed by atoms with Crippen LogP contribution in [0.25, 0.3) is 0 Å². The van der Waals surface area contributed by atoms with E-state index in [1.165, 1.54) is 6.07 Å². The highest BCUT2D eigenvalue weighted by atomic mass is 16.3. The molecule has 0 aromatic heterocycles. The first-order chi connectivity index (χ1) is 7.17. The minimum atomic E-state index is -0.0683. The first kappa shape index (κ1) is 11.9. The van der Waals surface area contributed by atoms with E-state index in [1.54, 1.807) is 6.07 Å². The maximum atomic E-state index is 9.30. The van der Waals surface area contributed by atoms with Gasteiger partial charge < -0.3 is 15.5 Å². The van der Waals surface area contributed by atoms with E-state index in [2.05, 4.69) is 19.2 Å². The van der Waals surface area contributed by atoms with E-state index in [0.29, 0.717) is 6.04 Å². The van der Waals surface area contributed by atoms with Crippen LogP contribution in [0.15, 0.2) is 18.2 Å². The summed E-state index contributed by atoms with van der Waals surface area (Å²) in [5, 5.41) is 21.8. The molecule has 0 heterocycles. The van der Waals surface area contributed by atoms with Crippen LogP contribution < -0.4 is 5.32 Å². The number of hydrogen-bond acceptors (Lipinski definition) is 3. The molecule has 0 unspecified atom stereocenters. The summed E-state index contributed by atoms with van der Waals surface area (Å²) < 4.78 is 0. The maximum absolute atomic E-state index is 9.30. The third-order valence-corrected chi connectivity index (χ3v) is 2.62. The lowest BCUT2D eigenvalue weighted by atomic mass is 10.1. The summed E-state index contributed by atoms with van der Waals surface area (Å²) in [4.78, 5) is 0. The zero-order valence-corrected chi connectivity index (χ0v) is 9.33. The van der Waals surface area contributed by atoms with Gasteiger partial charge in [-0.1, -0.05) is 19.9 Å². The number of aromatic hydroxyl groups is 2. The van der Waals surface area contributed by atoms with E-state index in [1.807, 2.05) is 6.07 Å². The molecule has 0 aliphatic carbocycles. The van der Waals surface area contributed by atoms with Crippen molar-refractivity contribution in [3.8, 4) is 11.5 Å². The lowest BCUT2D eigenvalue weighted by molar-refractivity contribution is 0.402. The molecule has 0 fully saturated rings. The smallest absolute Gasteiger partial charge is 0.157 e. The molecular weight excluding hydrogens is 190 g/mol.